The molecule has 0 spiro atoms. The van der Waals surface area contributed by atoms with Crippen LogP contribution >= 0.6 is 11.3 Å². The fourth-order valence-electron chi connectivity index (χ4n) is 3.58. The van der Waals surface area contributed by atoms with Crippen LogP contribution in [0, 0.1) is 0 Å². The average Bonchev–Trinajstić information content (AvgIpc) is 3.32. The number of aliphatic carboxylic acids is 1. The number of amides is 3. The number of nitrogens with zero attached hydrogens (tertiary/aromatic N) is 4. The first kappa shape index (κ1) is 21.3. The van der Waals surface area contributed by atoms with E-state index in [4.69, 9.17) is 16.3 Å². The normalized spacial score (nSPS) is 24.4. The number of carbonyl (C=O) groups is 4. The standard InChI is InChI=1S/C17H17N7O7S/c18-17-20-7(5-32-17)10(22-30)13(25)21-11-8-4-31-9(3-6-1-2-23(19)14(6)26)12(16(28)29)24(8)15(11)27/h3,5,8,11,30H,1-2,4,19H2,(H2,18,20)(H,21,25)(H,28,29)/b6-3+,22-10-. The molecule has 168 valence electrons. The van der Waals surface area contributed by atoms with E-state index in [2.05, 4.69) is 15.5 Å². The minimum Gasteiger partial charge on any atom is -0.489 e. The smallest absolute Gasteiger partial charge is 0.356 e. The third kappa shape index (κ3) is 3.42. The van der Waals surface area contributed by atoms with Gasteiger partial charge in [-0.25, -0.2) is 15.6 Å². The van der Waals surface area contributed by atoms with Gasteiger partial charge in [-0.15, -0.1) is 11.3 Å². The Bertz CT molecular complexity index is 1120. The predicted molar refractivity (Wildman–Crippen MR) is 107 cm³/mol. The maximum Gasteiger partial charge on any atom is 0.356 e. The highest BCUT2D eigenvalue weighted by Gasteiger charge is 2.55. The molecule has 1 aromatic heterocycles. The predicted octanol–water partition coefficient (Wildman–Crippen LogP) is -2.04. The van der Waals surface area contributed by atoms with Gasteiger partial charge in [0.25, 0.3) is 17.7 Å². The van der Waals surface area contributed by atoms with Gasteiger partial charge < -0.3 is 26.1 Å². The van der Waals surface area contributed by atoms with Gasteiger partial charge in [0.2, 0.25) is 0 Å². The van der Waals surface area contributed by atoms with Crippen molar-refractivity contribution in [3.8, 4) is 0 Å². The SMILES string of the molecule is Nc1nc(/C(=N/O)C(=O)NC2C(=O)N3C(C(=O)O)=C(/C=C4\CCN(N)C4=O)OCC23)cs1. The molecule has 0 aromatic carbocycles. The topological polar surface area (TPSA) is 214 Å². The number of anilines is 1. The number of rotatable bonds is 5. The van der Waals surface area contributed by atoms with Gasteiger partial charge in [-0.3, -0.25) is 24.3 Å². The summed E-state index contributed by atoms with van der Waals surface area (Å²) in [5, 5.41) is 26.7. The summed E-state index contributed by atoms with van der Waals surface area (Å²) in [5.41, 5.74) is 4.89. The molecule has 32 heavy (non-hydrogen) atoms. The van der Waals surface area contributed by atoms with Crippen molar-refractivity contribution in [2.75, 3.05) is 18.9 Å². The van der Waals surface area contributed by atoms with Gasteiger partial charge in [-0.1, -0.05) is 5.16 Å². The molecule has 0 bridgehead atoms. The lowest BCUT2D eigenvalue weighted by Gasteiger charge is -2.49. The number of β-lactam (4-membered cyclic amide) rings is 1. The molecule has 14 nitrogen and oxygen atoms in total. The van der Waals surface area contributed by atoms with E-state index in [-0.39, 0.29) is 35.3 Å². The second-order valence-corrected chi connectivity index (χ2v) is 7.88. The molecule has 3 amide bonds. The van der Waals surface area contributed by atoms with Gasteiger partial charge in [0, 0.05) is 17.5 Å². The molecule has 1 aromatic rings. The molecule has 2 atom stereocenters. The Morgan fingerprint density at radius 1 is 1.41 bits per heavy atom. The van der Waals surface area contributed by atoms with Crippen LogP contribution in [-0.4, -0.2) is 79.8 Å². The minimum absolute atomic E-state index is 0.0197. The number of nitrogen functional groups attached to an aromatic ring is 1. The number of hydrazine groups is 1. The summed E-state index contributed by atoms with van der Waals surface area (Å²) in [6, 6.07) is -1.93. The highest BCUT2D eigenvalue weighted by molar-refractivity contribution is 7.13. The van der Waals surface area contributed by atoms with Gasteiger partial charge in [-0.05, 0) is 12.5 Å². The fourth-order valence-corrected chi connectivity index (χ4v) is 4.12. The molecule has 4 heterocycles. The number of carbonyl (C=O) groups excluding carboxylic acids is 3. The molecule has 2 saturated heterocycles. The molecule has 3 aliphatic heterocycles. The second-order valence-electron chi connectivity index (χ2n) is 6.99. The first-order valence-electron chi connectivity index (χ1n) is 9.17. The third-order valence-electron chi connectivity index (χ3n) is 5.14. The molecular formula is C17H17N7O7S. The molecular weight excluding hydrogens is 446 g/mol. The van der Waals surface area contributed by atoms with Crippen LogP contribution in [0.5, 0.6) is 0 Å². The van der Waals surface area contributed by atoms with Crippen LogP contribution in [0.4, 0.5) is 5.13 Å². The first-order valence-corrected chi connectivity index (χ1v) is 10.1. The molecule has 15 heteroatoms. The Morgan fingerprint density at radius 2 is 2.16 bits per heavy atom. The summed E-state index contributed by atoms with van der Waals surface area (Å²) in [6.45, 7) is 0.140. The lowest BCUT2D eigenvalue weighted by Crippen LogP contribution is -2.73. The minimum atomic E-state index is -1.44. The van der Waals surface area contributed by atoms with Crippen molar-refractivity contribution in [2.45, 2.75) is 18.5 Å². The van der Waals surface area contributed by atoms with E-state index in [1.807, 2.05) is 0 Å². The molecule has 3 aliphatic rings. The lowest BCUT2D eigenvalue weighted by molar-refractivity contribution is -0.159. The third-order valence-corrected chi connectivity index (χ3v) is 5.81. The number of nitrogens with one attached hydrogen (secondary N) is 1. The Morgan fingerprint density at radius 3 is 2.72 bits per heavy atom. The molecule has 2 fully saturated rings. The van der Waals surface area contributed by atoms with E-state index in [9.17, 15) is 29.5 Å². The number of hydrogen-bond acceptors (Lipinski definition) is 11. The van der Waals surface area contributed by atoms with Crippen molar-refractivity contribution in [3.63, 3.8) is 0 Å². The molecule has 4 rings (SSSR count). The average molecular weight is 463 g/mol. The number of carboxylic acids is 1. The van der Waals surface area contributed by atoms with Crippen molar-refractivity contribution >= 4 is 45.9 Å². The Balaban J connectivity index is 1.55. The molecule has 7 N–H and O–H groups in total. The molecule has 2 unspecified atom stereocenters. The summed E-state index contributed by atoms with van der Waals surface area (Å²) in [7, 11) is 0. The number of oxime groups is 1. The van der Waals surface area contributed by atoms with Gasteiger partial charge in [0.15, 0.2) is 22.3 Å². The maximum absolute atomic E-state index is 12.7. The highest BCUT2D eigenvalue weighted by atomic mass is 32.1. The zero-order valence-electron chi connectivity index (χ0n) is 16.2. The monoisotopic (exact) mass is 463 g/mol. The van der Waals surface area contributed by atoms with Crippen LogP contribution < -0.4 is 16.9 Å². The van der Waals surface area contributed by atoms with Crippen molar-refractivity contribution < 1.29 is 34.2 Å². The lowest BCUT2D eigenvalue weighted by atomic mass is 9.92. The quantitative estimate of drug-likeness (QED) is 0.0613. The second kappa shape index (κ2) is 7.93. The zero-order valence-corrected chi connectivity index (χ0v) is 17.0. The van der Waals surface area contributed by atoms with Crippen LogP contribution in [0.3, 0.4) is 0 Å². The van der Waals surface area contributed by atoms with Gasteiger partial charge in [-0.2, -0.15) is 0 Å². The van der Waals surface area contributed by atoms with Crippen LogP contribution in [0.15, 0.2) is 33.6 Å². The number of ether oxygens (including phenoxy) is 1. The van der Waals surface area contributed by atoms with E-state index >= 15 is 0 Å². The van der Waals surface area contributed by atoms with Crippen LogP contribution in [0.2, 0.25) is 0 Å². The van der Waals surface area contributed by atoms with Crippen molar-refractivity contribution in [3.05, 3.63) is 34.2 Å². The zero-order chi connectivity index (χ0) is 23.2. The highest BCUT2D eigenvalue weighted by Crippen LogP contribution is 2.34. The van der Waals surface area contributed by atoms with Gasteiger partial charge >= 0.3 is 5.97 Å². The molecule has 0 aliphatic carbocycles. The van der Waals surface area contributed by atoms with Gasteiger partial charge in [0.1, 0.15) is 24.4 Å². The van der Waals surface area contributed by atoms with E-state index in [1.165, 1.54) is 11.5 Å². The van der Waals surface area contributed by atoms with Crippen LogP contribution in [0.1, 0.15) is 12.1 Å². The summed E-state index contributed by atoms with van der Waals surface area (Å²) in [4.78, 5) is 53.9. The van der Waals surface area contributed by atoms with Crippen molar-refractivity contribution in [1.29, 1.82) is 0 Å². The Kier molecular flexibility index (Phi) is 5.27. The fraction of sp³-hybridized carbons (Fsp3) is 0.294. The number of fused-ring (bicyclic) bond motifs is 1. The van der Waals surface area contributed by atoms with E-state index < -0.39 is 47.2 Å². The summed E-state index contributed by atoms with van der Waals surface area (Å²) < 4.78 is 5.53. The summed E-state index contributed by atoms with van der Waals surface area (Å²) in [6.07, 6.45) is 1.56. The number of aromatic nitrogens is 1. The Labute approximate surface area is 183 Å². The summed E-state index contributed by atoms with van der Waals surface area (Å²) >= 11 is 1.03. The van der Waals surface area contributed by atoms with Crippen LogP contribution in [-0.2, 0) is 23.9 Å². The van der Waals surface area contributed by atoms with Crippen LogP contribution in [0.25, 0.3) is 0 Å². The summed E-state index contributed by atoms with van der Waals surface area (Å²) in [5.74, 6) is 1.86. The Hall–Kier alpha value is -3.98. The largest absolute Gasteiger partial charge is 0.489 e. The van der Waals surface area contributed by atoms with E-state index in [0.29, 0.717) is 6.42 Å². The van der Waals surface area contributed by atoms with E-state index in [1.54, 1.807) is 0 Å². The number of nitrogens with two attached hydrogens (primary N) is 2. The number of hydrogen-bond donors (Lipinski definition) is 5. The van der Waals surface area contributed by atoms with E-state index in [0.717, 1.165) is 21.2 Å². The van der Waals surface area contributed by atoms with Gasteiger partial charge in [0.05, 0.1) is 0 Å². The number of carboxylic acid groups (broad SMARTS) is 1. The maximum atomic E-state index is 12.7. The van der Waals surface area contributed by atoms with Crippen molar-refractivity contribution in [1.82, 2.24) is 20.2 Å². The molecule has 0 radical (unpaired) electrons. The van der Waals surface area contributed by atoms with Crippen molar-refractivity contribution in [2.24, 2.45) is 11.0 Å². The number of allylic oxidation sites excluding steroid dienone is 1. The first-order chi connectivity index (χ1) is 15.2. The molecule has 0 saturated carbocycles. The number of thiazole rings is 1.